The lowest BCUT2D eigenvalue weighted by Crippen LogP contribution is -2.09. The SMILES string of the molecule is C1CCC(c2noc([C@H]3CCNC3)n2)CC1. The molecule has 0 amide bonds. The number of rotatable bonds is 2. The summed E-state index contributed by atoms with van der Waals surface area (Å²) in [5.74, 6) is 2.82. The fourth-order valence-corrected chi connectivity index (χ4v) is 2.81. The molecule has 1 atom stereocenters. The highest BCUT2D eigenvalue weighted by molar-refractivity contribution is 5.02. The third-order valence-corrected chi connectivity index (χ3v) is 3.84. The Labute approximate surface area is 95.8 Å². The molecule has 2 heterocycles. The molecule has 0 spiro atoms. The summed E-state index contributed by atoms with van der Waals surface area (Å²) < 4.78 is 5.40. The maximum Gasteiger partial charge on any atom is 0.231 e. The predicted molar refractivity (Wildman–Crippen MR) is 60.4 cm³/mol. The minimum Gasteiger partial charge on any atom is -0.339 e. The number of hydrogen-bond donors (Lipinski definition) is 1. The summed E-state index contributed by atoms with van der Waals surface area (Å²) in [6.45, 7) is 2.07. The van der Waals surface area contributed by atoms with Crippen molar-refractivity contribution >= 4 is 0 Å². The molecule has 1 N–H and O–H groups in total. The van der Waals surface area contributed by atoms with Crippen LogP contribution in [0.2, 0.25) is 0 Å². The standard InChI is InChI=1S/C12H19N3O/c1-2-4-9(5-3-1)11-14-12(16-15-11)10-6-7-13-8-10/h9-10,13H,1-8H2/t10-/m0/s1. The maximum atomic E-state index is 5.40. The van der Waals surface area contributed by atoms with Crippen molar-refractivity contribution in [3.8, 4) is 0 Å². The molecular formula is C12H19N3O. The lowest BCUT2D eigenvalue weighted by Gasteiger charge is -2.17. The van der Waals surface area contributed by atoms with Crippen LogP contribution >= 0.6 is 0 Å². The van der Waals surface area contributed by atoms with Crippen LogP contribution in [0.25, 0.3) is 0 Å². The van der Waals surface area contributed by atoms with Crippen LogP contribution in [-0.4, -0.2) is 23.2 Å². The Hall–Kier alpha value is -0.900. The molecule has 1 aliphatic carbocycles. The van der Waals surface area contributed by atoms with Crippen molar-refractivity contribution in [2.45, 2.75) is 50.4 Å². The van der Waals surface area contributed by atoms with E-state index in [0.717, 1.165) is 31.2 Å². The van der Waals surface area contributed by atoms with Gasteiger partial charge in [0.1, 0.15) is 0 Å². The van der Waals surface area contributed by atoms with Gasteiger partial charge in [-0.3, -0.25) is 0 Å². The van der Waals surface area contributed by atoms with Crippen molar-refractivity contribution in [3.63, 3.8) is 0 Å². The van der Waals surface area contributed by atoms with E-state index in [2.05, 4.69) is 15.5 Å². The molecule has 0 radical (unpaired) electrons. The first-order valence-electron chi connectivity index (χ1n) is 6.47. The van der Waals surface area contributed by atoms with Crippen LogP contribution in [0.3, 0.4) is 0 Å². The van der Waals surface area contributed by atoms with Gasteiger partial charge in [-0.15, -0.1) is 0 Å². The van der Waals surface area contributed by atoms with Gasteiger partial charge in [-0.1, -0.05) is 24.4 Å². The van der Waals surface area contributed by atoms with E-state index in [1.54, 1.807) is 0 Å². The molecule has 1 saturated heterocycles. The van der Waals surface area contributed by atoms with Gasteiger partial charge in [0.25, 0.3) is 0 Å². The quantitative estimate of drug-likeness (QED) is 0.831. The zero-order valence-electron chi connectivity index (χ0n) is 9.61. The van der Waals surface area contributed by atoms with Crippen LogP contribution in [0.15, 0.2) is 4.52 Å². The van der Waals surface area contributed by atoms with Crippen molar-refractivity contribution in [2.75, 3.05) is 13.1 Å². The summed E-state index contributed by atoms with van der Waals surface area (Å²) >= 11 is 0. The van der Waals surface area contributed by atoms with Gasteiger partial charge in [0.15, 0.2) is 5.82 Å². The maximum absolute atomic E-state index is 5.40. The summed E-state index contributed by atoms with van der Waals surface area (Å²) in [6.07, 6.45) is 7.61. The molecule has 3 rings (SSSR count). The van der Waals surface area contributed by atoms with Crippen molar-refractivity contribution in [1.82, 2.24) is 15.5 Å². The minimum atomic E-state index is 0.449. The second-order valence-corrected chi connectivity index (χ2v) is 5.02. The van der Waals surface area contributed by atoms with E-state index in [1.807, 2.05) is 0 Å². The number of nitrogens with one attached hydrogen (secondary N) is 1. The first kappa shape index (κ1) is 10.3. The molecule has 1 aromatic heterocycles. The highest BCUT2D eigenvalue weighted by Gasteiger charge is 2.26. The van der Waals surface area contributed by atoms with Crippen LogP contribution < -0.4 is 5.32 Å². The summed E-state index contributed by atoms with van der Waals surface area (Å²) in [6, 6.07) is 0. The number of nitrogens with zero attached hydrogens (tertiary/aromatic N) is 2. The topological polar surface area (TPSA) is 51.0 Å². The molecule has 2 aliphatic rings. The van der Waals surface area contributed by atoms with Gasteiger partial charge in [-0.05, 0) is 25.8 Å². The van der Waals surface area contributed by atoms with Crippen LogP contribution in [0.4, 0.5) is 0 Å². The van der Waals surface area contributed by atoms with Gasteiger partial charge in [0.2, 0.25) is 5.89 Å². The summed E-state index contributed by atoms with van der Waals surface area (Å²) in [5, 5.41) is 7.50. The van der Waals surface area contributed by atoms with E-state index in [9.17, 15) is 0 Å². The molecule has 0 aromatic carbocycles. The van der Waals surface area contributed by atoms with Crippen molar-refractivity contribution < 1.29 is 4.52 Å². The number of hydrogen-bond acceptors (Lipinski definition) is 4. The molecule has 16 heavy (non-hydrogen) atoms. The van der Waals surface area contributed by atoms with Gasteiger partial charge in [0, 0.05) is 12.5 Å². The molecule has 4 nitrogen and oxygen atoms in total. The lowest BCUT2D eigenvalue weighted by atomic mass is 9.89. The first-order chi connectivity index (χ1) is 7.93. The first-order valence-corrected chi connectivity index (χ1v) is 6.47. The Morgan fingerprint density at radius 1 is 1.06 bits per heavy atom. The summed E-state index contributed by atoms with van der Waals surface area (Å²) in [7, 11) is 0. The van der Waals surface area contributed by atoms with Crippen LogP contribution in [-0.2, 0) is 0 Å². The fraction of sp³-hybridized carbons (Fsp3) is 0.833. The second kappa shape index (κ2) is 4.53. The van der Waals surface area contributed by atoms with Crippen LogP contribution in [0, 0.1) is 0 Å². The van der Waals surface area contributed by atoms with E-state index < -0.39 is 0 Å². The van der Waals surface area contributed by atoms with Crippen LogP contribution in [0.1, 0.15) is 62.1 Å². The lowest BCUT2D eigenvalue weighted by molar-refractivity contribution is 0.344. The summed E-state index contributed by atoms with van der Waals surface area (Å²) in [4.78, 5) is 4.60. The predicted octanol–water partition coefficient (Wildman–Crippen LogP) is 2.19. The molecule has 1 aliphatic heterocycles. The van der Waals surface area contributed by atoms with Gasteiger partial charge in [-0.25, -0.2) is 0 Å². The van der Waals surface area contributed by atoms with Crippen molar-refractivity contribution in [3.05, 3.63) is 11.7 Å². The van der Waals surface area contributed by atoms with Crippen LogP contribution in [0.5, 0.6) is 0 Å². The minimum absolute atomic E-state index is 0.449. The highest BCUT2D eigenvalue weighted by atomic mass is 16.5. The molecule has 4 heteroatoms. The highest BCUT2D eigenvalue weighted by Crippen LogP contribution is 2.32. The molecule has 2 fully saturated rings. The Morgan fingerprint density at radius 2 is 1.94 bits per heavy atom. The Bertz CT molecular complexity index is 338. The van der Waals surface area contributed by atoms with Crippen molar-refractivity contribution in [1.29, 1.82) is 0 Å². The Morgan fingerprint density at radius 3 is 2.69 bits per heavy atom. The second-order valence-electron chi connectivity index (χ2n) is 5.02. The van der Waals surface area contributed by atoms with Crippen molar-refractivity contribution in [2.24, 2.45) is 0 Å². The van der Waals surface area contributed by atoms with Gasteiger partial charge >= 0.3 is 0 Å². The van der Waals surface area contributed by atoms with E-state index in [0.29, 0.717) is 11.8 Å². The zero-order chi connectivity index (χ0) is 10.8. The van der Waals surface area contributed by atoms with Gasteiger partial charge in [-0.2, -0.15) is 4.98 Å². The normalized spacial score (nSPS) is 27.4. The third kappa shape index (κ3) is 1.98. The fourth-order valence-electron chi connectivity index (χ4n) is 2.81. The number of aromatic nitrogens is 2. The molecule has 0 bridgehead atoms. The smallest absolute Gasteiger partial charge is 0.231 e. The average Bonchev–Trinajstić information content (AvgIpc) is 3.01. The van der Waals surface area contributed by atoms with Gasteiger partial charge < -0.3 is 9.84 Å². The molecule has 88 valence electrons. The van der Waals surface area contributed by atoms with E-state index in [-0.39, 0.29) is 0 Å². The molecule has 0 unspecified atom stereocenters. The summed E-state index contributed by atoms with van der Waals surface area (Å²) in [5.41, 5.74) is 0. The molecule has 1 aromatic rings. The third-order valence-electron chi connectivity index (χ3n) is 3.84. The average molecular weight is 221 g/mol. The Kier molecular flexibility index (Phi) is 2.91. The zero-order valence-corrected chi connectivity index (χ0v) is 9.61. The molecule has 1 saturated carbocycles. The Balaban J connectivity index is 1.71. The largest absolute Gasteiger partial charge is 0.339 e. The monoisotopic (exact) mass is 221 g/mol. The van der Waals surface area contributed by atoms with E-state index >= 15 is 0 Å². The molecular weight excluding hydrogens is 202 g/mol. The van der Waals surface area contributed by atoms with Gasteiger partial charge in [0.05, 0.1) is 5.92 Å². The van der Waals surface area contributed by atoms with E-state index in [4.69, 9.17) is 4.52 Å². The van der Waals surface area contributed by atoms with E-state index in [1.165, 1.54) is 32.1 Å².